The van der Waals surface area contributed by atoms with Crippen molar-refractivity contribution >= 4 is 0 Å². The predicted octanol–water partition coefficient (Wildman–Crippen LogP) is 2.38. The van der Waals surface area contributed by atoms with Crippen molar-refractivity contribution in [3.05, 3.63) is 29.8 Å². The minimum Gasteiger partial charge on any atom is -0.487 e. The van der Waals surface area contributed by atoms with Gasteiger partial charge in [0, 0.05) is 5.92 Å². The van der Waals surface area contributed by atoms with Crippen molar-refractivity contribution in [3.8, 4) is 5.75 Å². The van der Waals surface area contributed by atoms with Crippen LogP contribution >= 0.6 is 0 Å². The summed E-state index contributed by atoms with van der Waals surface area (Å²) in [5.74, 6) is -1.57. The molecule has 0 bridgehead atoms. The highest BCUT2D eigenvalue weighted by atomic mass is 19.2. The van der Waals surface area contributed by atoms with Gasteiger partial charge in [-0.05, 0) is 19.1 Å². The van der Waals surface area contributed by atoms with Gasteiger partial charge in [0.05, 0.1) is 13.2 Å². The molecule has 0 N–H and O–H groups in total. The van der Waals surface area contributed by atoms with Crippen molar-refractivity contribution in [2.24, 2.45) is 5.92 Å². The van der Waals surface area contributed by atoms with Crippen LogP contribution in [0.2, 0.25) is 0 Å². The van der Waals surface area contributed by atoms with E-state index in [2.05, 4.69) is 0 Å². The van der Waals surface area contributed by atoms with Crippen LogP contribution in [-0.2, 0) is 4.74 Å². The topological polar surface area (TPSA) is 18.5 Å². The van der Waals surface area contributed by atoms with Gasteiger partial charge in [0.15, 0.2) is 11.6 Å². The molecule has 1 aromatic rings. The molecule has 0 radical (unpaired) electrons. The van der Waals surface area contributed by atoms with E-state index in [4.69, 9.17) is 9.47 Å². The number of hydrogen-bond donors (Lipinski definition) is 0. The Bertz CT molecular complexity index is 350. The molecule has 2 rings (SSSR count). The van der Waals surface area contributed by atoms with Crippen molar-refractivity contribution in [2.75, 3.05) is 13.2 Å². The molecule has 0 aliphatic carbocycles. The average molecular weight is 214 g/mol. The zero-order chi connectivity index (χ0) is 10.8. The summed E-state index contributed by atoms with van der Waals surface area (Å²) in [6.45, 7) is 3.08. The Balaban J connectivity index is 2.06. The van der Waals surface area contributed by atoms with Crippen LogP contribution in [0.1, 0.15) is 6.92 Å². The molecule has 4 heteroatoms. The maximum absolute atomic E-state index is 13.2. The molecule has 1 heterocycles. The summed E-state index contributed by atoms with van der Waals surface area (Å²) in [5, 5.41) is 0. The zero-order valence-corrected chi connectivity index (χ0v) is 8.37. The van der Waals surface area contributed by atoms with E-state index in [-0.39, 0.29) is 17.8 Å². The lowest BCUT2D eigenvalue weighted by atomic mass is 10.0. The van der Waals surface area contributed by atoms with Crippen LogP contribution in [0.4, 0.5) is 8.78 Å². The third-order valence-electron chi connectivity index (χ3n) is 2.56. The van der Waals surface area contributed by atoms with E-state index in [9.17, 15) is 8.78 Å². The molecule has 0 spiro atoms. The third-order valence-corrected chi connectivity index (χ3v) is 2.56. The Morgan fingerprint density at radius 3 is 2.73 bits per heavy atom. The van der Waals surface area contributed by atoms with Gasteiger partial charge in [-0.25, -0.2) is 4.39 Å². The third kappa shape index (κ3) is 2.09. The number of ether oxygens (including phenoxy) is 2. The van der Waals surface area contributed by atoms with Crippen LogP contribution in [-0.4, -0.2) is 19.3 Å². The van der Waals surface area contributed by atoms with Crippen molar-refractivity contribution in [1.82, 2.24) is 0 Å². The molecule has 1 aliphatic heterocycles. The monoisotopic (exact) mass is 214 g/mol. The van der Waals surface area contributed by atoms with Gasteiger partial charge in [-0.3, -0.25) is 0 Å². The van der Waals surface area contributed by atoms with E-state index in [1.165, 1.54) is 12.1 Å². The highest BCUT2D eigenvalue weighted by Gasteiger charge is 2.27. The lowest BCUT2D eigenvalue weighted by molar-refractivity contribution is -0.0783. The van der Waals surface area contributed by atoms with Gasteiger partial charge in [-0.15, -0.1) is 0 Å². The molecule has 2 nitrogen and oxygen atoms in total. The fraction of sp³-hybridized carbons (Fsp3) is 0.455. The molecular formula is C11H12F2O2. The first-order chi connectivity index (χ1) is 7.18. The van der Waals surface area contributed by atoms with Gasteiger partial charge >= 0.3 is 0 Å². The molecule has 0 aromatic heterocycles. The first-order valence-corrected chi connectivity index (χ1v) is 4.87. The fourth-order valence-electron chi connectivity index (χ4n) is 1.40. The fourth-order valence-corrected chi connectivity index (χ4v) is 1.40. The summed E-state index contributed by atoms with van der Waals surface area (Å²) in [4.78, 5) is 0. The lowest BCUT2D eigenvalue weighted by Crippen LogP contribution is -2.39. The minimum atomic E-state index is -0.926. The van der Waals surface area contributed by atoms with E-state index in [0.717, 1.165) is 6.07 Å². The first kappa shape index (κ1) is 10.4. The van der Waals surface area contributed by atoms with Crippen LogP contribution in [0.25, 0.3) is 0 Å². The van der Waals surface area contributed by atoms with Crippen molar-refractivity contribution in [2.45, 2.75) is 13.0 Å². The summed E-state index contributed by atoms with van der Waals surface area (Å²) in [6.07, 6.45) is -0.157. The highest BCUT2D eigenvalue weighted by Crippen LogP contribution is 2.24. The Labute approximate surface area is 86.8 Å². The maximum Gasteiger partial charge on any atom is 0.200 e. The van der Waals surface area contributed by atoms with E-state index in [0.29, 0.717) is 13.2 Å². The standard InChI is InChI=1S/C11H12F2O2/c1-7(8-5-14-6-8)15-10-4-2-3-9(12)11(10)13/h2-4,7-8H,5-6H2,1H3. The summed E-state index contributed by atoms with van der Waals surface area (Å²) >= 11 is 0. The molecule has 1 fully saturated rings. The van der Waals surface area contributed by atoms with Crippen LogP contribution in [0.3, 0.4) is 0 Å². The smallest absolute Gasteiger partial charge is 0.200 e. The Morgan fingerprint density at radius 2 is 2.13 bits per heavy atom. The van der Waals surface area contributed by atoms with Gasteiger partial charge in [0.2, 0.25) is 5.82 Å². The van der Waals surface area contributed by atoms with Gasteiger partial charge in [0.1, 0.15) is 6.10 Å². The molecular weight excluding hydrogens is 202 g/mol. The van der Waals surface area contributed by atoms with Gasteiger partial charge in [0.25, 0.3) is 0 Å². The highest BCUT2D eigenvalue weighted by molar-refractivity contribution is 5.25. The largest absolute Gasteiger partial charge is 0.487 e. The second-order valence-corrected chi connectivity index (χ2v) is 3.67. The molecule has 1 aliphatic rings. The number of halogens is 2. The SMILES string of the molecule is CC(Oc1cccc(F)c1F)C1COC1. The lowest BCUT2D eigenvalue weighted by Gasteiger charge is -2.31. The van der Waals surface area contributed by atoms with Crippen LogP contribution in [0, 0.1) is 17.6 Å². The van der Waals surface area contributed by atoms with Crippen molar-refractivity contribution in [1.29, 1.82) is 0 Å². The minimum absolute atomic E-state index is 0.0330. The maximum atomic E-state index is 13.2. The summed E-state index contributed by atoms with van der Waals surface area (Å²) in [6, 6.07) is 3.92. The summed E-state index contributed by atoms with van der Waals surface area (Å²) < 4.78 is 36.4. The number of benzene rings is 1. The normalized spacial score (nSPS) is 18.3. The number of hydrogen-bond acceptors (Lipinski definition) is 2. The van der Waals surface area contributed by atoms with Crippen LogP contribution < -0.4 is 4.74 Å². The molecule has 1 aromatic carbocycles. The van der Waals surface area contributed by atoms with E-state index in [1.54, 1.807) is 0 Å². The quantitative estimate of drug-likeness (QED) is 0.769. The molecule has 1 atom stereocenters. The molecule has 82 valence electrons. The summed E-state index contributed by atoms with van der Waals surface area (Å²) in [5.41, 5.74) is 0. The Hall–Kier alpha value is -1.16. The first-order valence-electron chi connectivity index (χ1n) is 4.87. The molecule has 0 amide bonds. The molecule has 1 unspecified atom stereocenters. The van der Waals surface area contributed by atoms with E-state index >= 15 is 0 Å². The molecule has 15 heavy (non-hydrogen) atoms. The second kappa shape index (κ2) is 4.14. The number of rotatable bonds is 3. The summed E-state index contributed by atoms with van der Waals surface area (Å²) in [7, 11) is 0. The van der Waals surface area contributed by atoms with Crippen molar-refractivity contribution < 1.29 is 18.3 Å². The van der Waals surface area contributed by atoms with Gasteiger partial charge in [-0.1, -0.05) is 6.07 Å². The van der Waals surface area contributed by atoms with Gasteiger partial charge < -0.3 is 9.47 Å². The van der Waals surface area contributed by atoms with E-state index < -0.39 is 11.6 Å². The van der Waals surface area contributed by atoms with E-state index in [1.807, 2.05) is 6.92 Å². The van der Waals surface area contributed by atoms with Gasteiger partial charge in [-0.2, -0.15) is 4.39 Å². The second-order valence-electron chi connectivity index (χ2n) is 3.67. The predicted molar refractivity (Wildman–Crippen MR) is 50.8 cm³/mol. The Morgan fingerprint density at radius 1 is 1.40 bits per heavy atom. The van der Waals surface area contributed by atoms with Crippen LogP contribution in [0.5, 0.6) is 5.75 Å². The average Bonchev–Trinajstić information content (AvgIpc) is 2.10. The van der Waals surface area contributed by atoms with Crippen molar-refractivity contribution in [3.63, 3.8) is 0 Å². The zero-order valence-electron chi connectivity index (χ0n) is 8.37. The van der Waals surface area contributed by atoms with Crippen LogP contribution in [0.15, 0.2) is 18.2 Å². The Kier molecular flexibility index (Phi) is 2.86. The molecule has 0 saturated carbocycles. The molecule has 1 saturated heterocycles.